The second kappa shape index (κ2) is 4.41. The molecule has 0 aromatic carbocycles. The van der Waals surface area contributed by atoms with E-state index in [1.165, 1.54) is 0 Å². The fraction of sp³-hybridized carbons (Fsp3) is 0.0714. The highest BCUT2D eigenvalue weighted by molar-refractivity contribution is 5.61. The zero-order chi connectivity index (χ0) is 12.4. The van der Waals surface area contributed by atoms with Gasteiger partial charge in [-0.05, 0) is 30.7 Å². The van der Waals surface area contributed by atoms with Crippen LogP contribution in [-0.2, 0) is 0 Å². The van der Waals surface area contributed by atoms with E-state index in [-0.39, 0.29) is 0 Å². The molecule has 0 aliphatic heterocycles. The third-order valence-electron chi connectivity index (χ3n) is 2.78. The molecule has 0 saturated carbocycles. The highest BCUT2D eigenvalue weighted by atomic mass is 15.3. The van der Waals surface area contributed by atoms with Crippen LogP contribution in [0.15, 0.2) is 55.2 Å². The predicted molar refractivity (Wildman–Crippen MR) is 69.3 cm³/mol. The summed E-state index contributed by atoms with van der Waals surface area (Å²) >= 11 is 0. The van der Waals surface area contributed by atoms with Crippen LogP contribution in [0, 0.1) is 6.92 Å². The minimum absolute atomic E-state index is 0.942. The quantitative estimate of drug-likeness (QED) is 0.687. The average Bonchev–Trinajstić information content (AvgIpc) is 2.90. The molecule has 18 heavy (non-hydrogen) atoms. The number of hydrogen-bond donors (Lipinski definition) is 0. The molecule has 0 spiro atoms. The van der Waals surface area contributed by atoms with Gasteiger partial charge < -0.3 is 0 Å². The fourth-order valence-corrected chi connectivity index (χ4v) is 1.86. The zero-order valence-electron chi connectivity index (χ0n) is 9.99. The predicted octanol–water partition coefficient (Wildman–Crippen LogP) is 2.64. The summed E-state index contributed by atoms with van der Waals surface area (Å²) in [6, 6.07) is 7.84. The van der Waals surface area contributed by atoms with Crippen molar-refractivity contribution in [1.82, 2.24) is 19.7 Å². The lowest BCUT2D eigenvalue weighted by Gasteiger charge is -2.00. The summed E-state index contributed by atoms with van der Waals surface area (Å²) in [5, 5.41) is 4.34. The van der Waals surface area contributed by atoms with Crippen molar-refractivity contribution in [2.24, 2.45) is 0 Å². The molecule has 3 heterocycles. The highest BCUT2D eigenvalue weighted by Gasteiger charge is 2.06. The molecular weight excluding hydrogens is 224 g/mol. The van der Waals surface area contributed by atoms with Crippen LogP contribution in [0.3, 0.4) is 0 Å². The van der Waals surface area contributed by atoms with E-state index in [0.29, 0.717) is 0 Å². The Balaban J connectivity index is 2.03. The summed E-state index contributed by atoms with van der Waals surface area (Å²) in [5.41, 5.74) is 4.06. The van der Waals surface area contributed by atoms with Crippen LogP contribution in [0.5, 0.6) is 0 Å². The van der Waals surface area contributed by atoms with E-state index < -0.39 is 0 Å². The third-order valence-corrected chi connectivity index (χ3v) is 2.78. The van der Waals surface area contributed by atoms with Crippen molar-refractivity contribution in [2.75, 3.05) is 0 Å². The van der Waals surface area contributed by atoms with E-state index in [2.05, 4.69) is 15.1 Å². The van der Waals surface area contributed by atoms with E-state index >= 15 is 0 Å². The summed E-state index contributed by atoms with van der Waals surface area (Å²) in [6.45, 7) is 2.05. The normalized spacial score (nSPS) is 10.5. The summed E-state index contributed by atoms with van der Waals surface area (Å²) in [5.74, 6) is 0. The lowest BCUT2D eigenvalue weighted by Crippen LogP contribution is -1.93. The Hall–Kier alpha value is -2.49. The van der Waals surface area contributed by atoms with E-state index in [9.17, 15) is 0 Å². The van der Waals surface area contributed by atoms with Crippen molar-refractivity contribution in [2.45, 2.75) is 6.92 Å². The van der Waals surface area contributed by atoms with Crippen LogP contribution in [-0.4, -0.2) is 19.7 Å². The minimum atomic E-state index is 0.942. The molecule has 0 amide bonds. The molecule has 88 valence electrons. The van der Waals surface area contributed by atoms with Crippen LogP contribution in [0.2, 0.25) is 0 Å². The second-order valence-corrected chi connectivity index (χ2v) is 4.05. The summed E-state index contributed by atoms with van der Waals surface area (Å²) in [4.78, 5) is 8.47. The van der Waals surface area contributed by atoms with Crippen molar-refractivity contribution in [3.8, 4) is 16.9 Å². The number of aromatic nitrogens is 4. The Bertz CT molecular complexity index is 658. The zero-order valence-corrected chi connectivity index (χ0v) is 9.99. The monoisotopic (exact) mass is 236 g/mol. The smallest absolute Gasteiger partial charge is 0.0828 e. The van der Waals surface area contributed by atoms with Crippen molar-refractivity contribution in [3.05, 3.63) is 60.8 Å². The Labute approximate surface area is 105 Å². The summed E-state index contributed by atoms with van der Waals surface area (Å²) in [7, 11) is 0. The molecule has 4 nitrogen and oxygen atoms in total. The Morgan fingerprint density at radius 3 is 2.72 bits per heavy atom. The number of pyridine rings is 2. The molecule has 3 rings (SSSR count). The first kappa shape index (κ1) is 10.7. The van der Waals surface area contributed by atoms with Crippen LogP contribution >= 0.6 is 0 Å². The topological polar surface area (TPSA) is 43.6 Å². The maximum absolute atomic E-state index is 4.39. The van der Waals surface area contributed by atoms with Gasteiger partial charge in [0, 0.05) is 24.2 Å². The first-order valence-corrected chi connectivity index (χ1v) is 5.71. The Morgan fingerprint density at radius 2 is 1.94 bits per heavy atom. The van der Waals surface area contributed by atoms with Gasteiger partial charge >= 0.3 is 0 Å². The van der Waals surface area contributed by atoms with Gasteiger partial charge in [-0.2, -0.15) is 5.10 Å². The van der Waals surface area contributed by atoms with Gasteiger partial charge in [0.25, 0.3) is 0 Å². The maximum Gasteiger partial charge on any atom is 0.0828 e. The number of aryl methyl sites for hydroxylation is 1. The molecular formula is C14H12N4. The van der Waals surface area contributed by atoms with Crippen LogP contribution in [0.25, 0.3) is 16.9 Å². The molecule has 0 radical (unpaired) electrons. The van der Waals surface area contributed by atoms with E-state index in [4.69, 9.17) is 0 Å². The number of nitrogens with zero attached hydrogens (tertiary/aromatic N) is 4. The van der Waals surface area contributed by atoms with E-state index in [1.807, 2.05) is 43.6 Å². The molecule has 0 bridgehead atoms. The number of hydrogen-bond acceptors (Lipinski definition) is 3. The minimum Gasteiger partial charge on any atom is -0.262 e. The lowest BCUT2D eigenvalue weighted by molar-refractivity contribution is 0.874. The SMILES string of the molecule is Cc1cccnc1-c1cnn(-c2cccnc2)c1. The van der Waals surface area contributed by atoms with Crippen molar-refractivity contribution >= 4 is 0 Å². The Kier molecular flexibility index (Phi) is 2.61. The summed E-state index contributed by atoms with van der Waals surface area (Å²) < 4.78 is 1.80. The maximum atomic E-state index is 4.39. The first-order chi connectivity index (χ1) is 8.84. The molecule has 0 saturated heterocycles. The van der Waals surface area contributed by atoms with Gasteiger partial charge in [0.05, 0.1) is 23.8 Å². The van der Waals surface area contributed by atoms with Crippen LogP contribution < -0.4 is 0 Å². The van der Waals surface area contributed by atoms with Crippen LogP contribution in [0.1, 0.15) is 5.56 Å². The molecule has 3 aromatic heterocycles. The lowest BCUT2D eigenvalue weighted by atomic mass is 10.1. The standard InChI is InChI=1S/C14H12N4/c1-11-4-2-7-16-14(11)12-8-17-18(10-12)13-5-3-6-15-9-13/h2-10H,1H3. The molecule has 0 aliphatic carbocycles. The fourth-order valence-electron chi connectivity index (χ4n) is 1.86. The highest BCUT2D eigenvalue weighted by Crippen LogP contribution is 2.20. The Morgan fingerprint density at radius 1 is 1.06 bits per heavy atom. The molecule has 0 atom stereocenters. The molecule has 0 N–H and O–H groups in total. The average molecular weight is 236 g/mol. The van der Waals surface area contributed by atoms with E-state index in [1.54, 1.807) is 23.3 Å². The van der Waals surface area contributed by atoms with Crippen molar-refractivity contribution in [3.63, 3.8) is 0 Å². The second-order valence-electron chi connectivity index (χ2n) is 4.05. The molecule has 3 aromatic rings. The molecule has 0 fully saturated rings. The van der Waals surface area contributed by atoms with Gasteiger partial charge in [-0.3, -0.25) is 9.97 Å². The first-order valence-electron chi connectivity index (χ1n) is 5.71. The third kappa shape index (κ3) is 1.88. The van der Waals surface area contributed by atoms with Gasteiger partial charge in [0.15, 0.2) is 0 Å². The van der Waals surface area contributed by atoms with Gasteiger partial charge in [-0.1, -0.05) is 6.07 Å². The number of rotatable bonds is 2. The van der Waals surface area contributed by atoms with Crippen molar-refractivity contribution in [1.29, 1.82) is 0 Å². The van der Waals surface area contributed by atoms with Gasteiger partial charge in [-0.15, -0.1) is 0 Å². The van der Waals surface area contributed by atoms with Gasteiger partial charge in [0.2, 0.25) is 0 Å². The molecule has 0 aliphatic rings. The van der Waals surface area contributed by atoms with Crippen molar-refractivity contribution < 1.29 is 0 Å². The van der Waals surface area contributed by atoms with Gasteiger partial charge in [-0.25, -0.2) is 4.68 Å². The largest absolute Gasteiger partial charge is 0.262 e. The summed E-state index contributed by atoms with van der Waals surface area (Å²) in [6.07, 6.45) is 9.11. The molecule has 0 unspecified atom stereocenters. The van der Waals surface area contributed by atoms with E-state index in [0.717, 1.165) is 22.5 Å². The van der Waals surface area contributed by atoms with Gasteiger partial charge in [0.1, 0.15) is 0 Å². The van der Waals surface area contributed by atoms with Crippen LogP contribution in [0.4, 0.5) is 0 Å². The molecule has 4 heteroatoms.